The van der Waals surface area contributed by atoms with Crippen molar-refractivity contribution in [2.45, 2.75) is 6.42 Å². The van der Waals surface area contributed by atoms with Gasteiger partial charge in [0.1, 0.15) is 0 Å². The quantitative estimate of drug-likeness (QED) is 0.557. The van der Waals surface area contributed by atoms with Gasteiger partial charge in [-0.05, 0) is 28.8 Å². The molecule has 0 bridgehead atoms. The van der Waals surface area contributed by atoms with Gasteiger partial charge in [-0.3, -0.25) is 4.79 Å². The molecule has 0 amide bonds. The molecule has 0 aliphatic heterocycles. The van der Waals surface area contributed by atoms with E-state index in [1.165, 1.54) is 0 Å². The molecule has 122 valence electrons. The molecule has 0 fully saturated rings. The van der Waals surface area contributed by atoms with Gasteiger partial charge in [0, 0.05) is 12.0 Å². The van der Waals surface area contributed by atoms with E-state index in [9.17, 15) is 9.59 Å². The Bertz CT molecular complexity index is 1110. The lowest BCUT2D eigenvalue weighted by molar-refractivity contribution is 0.0993. The number of hydrogen-bond acceptors (Lipinski definition) is 2. The predicted octanol–water partition coefficient (Wildman–Crippen LogP) is 3.95. The summed E-state index contributed by atoms with van der Waals surface area (Å²) in [5.41, 5.74) is 4.75. The Balaban J connectivity index is 1.68. The number of benzene rings is 3. The largest absolute Gasteiger partial charge is 0.323 e. The fourth-order valence-electron chi connectivity index (χ4n) is 3.07. The molecule has 4 aromatic rings. The highest BCUT2D eigenvalue weighted by molar-refractivity contribution is 6.03. The second-order valence-corrected chi connectivity index (χ2v) is 5.97. The Kier molecular flexibility index (Phi) is 3.78. The minimum absolute atomic E-state index is 0.0525. The average molecular weight is 328 g/mol. The van der Waals surface area contributed by atoms with Gasteiger partial charge in [-0.25, -0.2) is 4.79 Å². The molecule has 0 radical (unpaired) electrons. The van der Waals surface area contributed by atoms with Crippen LogP contribution in [0.3, 0.4) is 0 Å². The molecule has 0 saturated heterocycles. The van der Waals surface area contributed by atoms with Gasteiger partial charge in [0.2, 0.25) is 0 Å². The van der Waals surface area contributed by atoms with E-state index in [0.29, 0.717) is 11.1 Å². The Morgan fingerprint density at radius 2 is 1.52 bits per heavy atom. The molecule has 0 spiro atoms. The van der Waals surface area contributed by atoms with Crippen molar-refractivity contribution in [3.05, 3.63) is 94.4 Å². The number of H-pyrrole nitrogens is 2. The van der Waals surface area contributed by atoms with Crippen LogP contribution in [0.15, 0.2) is 77.6 Å². The molecular formula is C21H16N2O2. The van der Waals surface area contributed by atoms with Crippen molar-refractivity contribution < 1.29 is 4.79 Å². The molecule has 25 heavy (non-hydrogen) atoms. The first-order chi connectivity index (χ1) is 12.2. The number of hydrogen-bond donors (Lipinski definition) is 2. The van der Waals surface area contributed by atoms with Crippen LogP contribution in [0.5, 0.6) is 0 Å². The van der Waals surface area contributed by atoms with Crippen LogP contribution in [-0.4, -0.2) is 15.8 Å². The maximum Gasteiger partial charge on any atom is 0.323 e. The number of imidazole rings is 1. The molecule has 0 aliphatic rings. The molecule has 2 N–H and O–H groups in total. The Morgan fingerprint density at radius 3 is 2.36 bits per heavy atom. The Morgan fingerprint density at radius 1 is 0.800 bits per heavy atom. The summed E-state index contributed by atoms with van der Waals surface area (Å²) in [5, 5.41) is 0. The van der Waals surface area contributed by atoms with Crippen LogP contribution >= 0.6 is 0 Å². The topological polar surface area (TPSA) is 65.7 Å². The SMILES string of the molecule is O=C(Cc1ccc2[nH]c(=O)[nH]c2c1)c1ccccc1-c1ccccc1. The Labute approximate surface area is 144 Å². The van der Waals surface area contributed by atoms with Gasteiger partial charge < -0.3 is 9.97 Å². The first-order valence-corrected chi connectivity index (χ1v) is 8.09. The van der Waals surface area contributed by atoms with E-state index in [2.05, 4.69) is 9.97 Å². The van der Waals surface area contributed by atoms with E-state index in [1.54, 1.807) is 0 Å². The number of aromatic nitrogens is 2. The minimum atomic E-state index is -0.243. The highest BCUT2D eigenvalue weighted by Crippen LogP contribution is 2.25. The number of rotatable bonds is 4. The molecule has 0 saturated carbocycles. The second-order valence-electron chi connectivity index (χ2n) is 5.97. The van der Waals surface area contributed by atoms with Gasteiger partial charge in [0.05, 0.1) is 11.0 Å². The summed E-state index contributed by atoms with van der Waals surface area (Å²) in [6.45, 7) is 0. The van der Waals surface area contributed by atoms with E-state index in [1.807, 2.05) is 72.8 Å². The molecule has 4 rings (SSSR count). The lowest BCUT2D eigenvalue weighted by atomic mass is 9.94. The zero-order valence-electron chi connectivity index (χ0n) is 13.5. The molecule has 0 aliphatic carbocycles. The van der Waals surface area contributed by atoms with E-state index >= 15 is 0 Å². The van der Waals surface area contributed by atoms with E-state index in [0.717, 1.165) is 22.2 Å². The molecule has 0 unspecified atom stereocenters. The third-order valence-electron chi connectivity index (χ3n) is 4.26. The van der Waals surface area contributed by atoms with Gasteiger partial charge >= 0.3 is 5.69 Å². The first kappa shape index (κ1) is 15.1. The van der Waals surface area contributed by atoms with Crippen LogP contribution in [0.1, 0.15) is 15.9 Å². The normalized spacial score (nSPS) is 10.9. The van der Waals surface area contributed by atoms with Crippen molar-refractivity contribution in [2.24, 2.45) is 0 Å². The van der Waals surface area contributed by atoms with Gasteiger partial charge in [0.25, 0.3) is 0 Å². The lowest BCUT2D eigenvalue weighted by Crippen LogP contribution is -2.05. The molecule has 4 heteroatoms. The second kappa shape index (κ2) is 6.24. The monoisotopic (exact) mass is 328 g/mol. The summed E-state index contributed by atoms with van der Waals surface area (Å²) >= 11 is 0. The Hall–Kier alpha value is -3.40. The number of carbonyl (C=O) groups is 1. The molecule has 1 aromatic heterocycles. The van der Waals surface area contributed by atoms with Gasteiger partial charge in [0.15, 0.2) is 5.78 Å². The summed E-state index contributed by atoms with van der Waals surface area (Å²) in [6, 6.07) is 23.1. The average Bonchev–Trinajstić information content (AvgIpc) is 3.02. The van der Waals surface area contributed by atoms with Crippen molar-refractivity contribution in [3.63, 3.8) is 0 Å². The zero-order chi connectivity index (χ0) is 17.2. The van der Waals surface area contributed by atoms with Crippen molar-refractivity contribution in [1.82, 2.24) is 9.97 Å². The highest BCUT2D eigenvalue weighted by Gasteiger charge is 2.13. The van der Waals surface area contributed by atoms with Crippen LogP contribution in [-0.2, 0) is 6.42 Å². The van der Waals surface area contributed by atoms with Crippen LogP contribution < -0.4 is 5.69 Å². The fraction of sp³-hybridized carbons (Fsp3) is 0.0476. The van der Waals surface area contributed by atoms with E-state index in [-0.39, 0.29) is 17.9 Å². The minimum Gasteiger partial charge on any atom is -0.306 e. The molecule has 3 aromatic carbocycles. The zero-order valence-corrected chi connectivity index (χ0v) is 13.5. The summed E-state index contributed by atoms with van der Waals surface area (Å²) in [6.07, 6.45) is 0.285. The maximum atomic E-state index is 12.9. The van der Waals surface area contributed by atoms with Gasteiger partial charge in [-0.15, -0.1) is 0 Å². The highest BCUT2D eigenvalue weighted by atomic mass is 16.1. The smallest absolute Gasteiger partial charge is 0.306 e. The van der Waals surface area contributed by atoms with E-state index < -0.39 is 0 Å². The lowest BCUT2D eigenvalue weighted by Gasteiger charge is -2.09. The molecular weight excluding hydrogens is 312 g/mol. The predicted molar refractivity (Wildman–Crippen MR) is 98.8 cm³/mol. The maximum absolute atomic E-state index is 12.9. The summed E-state index contributed by atoms with van der Waals surface area (Å²) in [4.78, 5) is 29.7. The van der Waals surface area contributed by atoms with Crippen molar-refractivity contribution in [1.29, 1.82) is 0 Å². The summed E-state index contributed by atoms with van der Waals surface area (Å²) in [5.74, 6) is 0.0525. The molecule has 1 heterocycles. The van der Waals surface area contributed by atoms with Crippen LogP contribution in [0, 0.1) is 0 Å². The number of fused-ring (bicyclic) bond motifs is 1. The number of nitrogens with one attached hydrogen (secondary N) is 2. The number of carbonyl (C=O) groups excluding carboxylic acids is 1. The number of ketones is 1. The van der Waals surface area contributed by atoms with Crippen LogP contribution in [0.4, 0.5) is 0 Å². The van der Waals surface area contributed by atoms with Crippen molar-refractivity contribution in [3.8, 4) is 11.1 Å². The van der Waals surface area contributed by atoms with Crippen LogP contribution in [0.25, 0.3) is 22.2 Å². The van der Waals surface area contributed by atoms with E-state index in [4.69, 9.17) is 0 Å². The molecule has 4 nitrogen and oxygen atoms in total. The van der Waals surface area contributed by atoms with Gasteiger partial charge in [-0.1, -0.05) is 60.7 Å². The fourth-order valence-corrected chi connectivity index (χ4v) is 3.07. The van der Waals surface area contributed by atoms with Crippen LogP contribution in [0.2, 0.25) is 0 Å². The van der Waals surface area contributed by atoms with Gasteiger partial charge in [-0.2, -0.15) is 0 Å². The van der Waals surface area contributed by atoms with Crippen molar-refractivity contribution >= 4 is 16.8 Å². The first-order valence-electron chi connectivity index (χ1n) is 8.09. The number of aromatic amines is 2. The third-order valence-corrected chi connectivity index (χ3v) is 4.26. The van der Waals surface area contributed by atoms with Crippen molar-refractivity contribution in [2.75, 3.05) is 0 Å². The molecule has 0 atom stereocenters. The number of Topliss-reactive ketones (excluding diaryl/α,β-unsaturated/α-hetero) is 1. The summed E-state index contributed by atoms with van der Waals surface area (Å²) in [7, 11) is 0. The third kappa shape index (κ3) is 3.02. The summed E-state index contributed by atoms with van der Waals surface area (Å²) < 4.78 is 0. The standard InChI is InChI=1S/C21H16N2O2/c24-20(13-14-10-11-18-19(12-14)23-21(25)22-18)17-9-5-4-8-16(17)15-6-2-1-3-7-15/h1-12H,13H2,(H2,22,23,25).